The third kappa shape index (κ3) is 3.25. The van der Waals surface area contributed by atoms with E-state index < -0.39 is 0 Å². The van der Waals surface area contributed by atoms with Crippen LogP contribution in [0.15, 0.2) is 11.4 Å². The molecule has 0 radical (unpaired) electrons. The van der Waals surface area contributed by atoms with Gasteiger partial charge < -0.3 is 15.0 Å². The van der Waals surface area contributed by atoms with Crippen LogP contribution in [-0.2, 0) is 9.53 Å². The Morgan fingerprint density at radius 1 is 1.62 bits per heavy atom. The molecule has 0 aliphatic carbocycles. The van der Waals surface area contributed by atoms with Gasteiger partial charge in [-0.1, -0.05) is 0 Å². The zero-order valence-electron chi connectivity index (χ0n) is 11.5. The van der Waals surface area contributed by atoms with Crippen molar-refractivity contribution in [3.8, 4) is 0 Å². The number of aromatic nitrogens is 2. The van der Waals surface area contributed by atoms with Gasteiger partial charge in [0.15, 0.2) is 5.82 Å². The van der Waals surface area contributed by atoms with Crippen molar-refractivity contribution in [2.75, 3.05) is 31.1 Å². The van der Waals surface area contributed by atoms with Crippen molar-refractivity contribution in [3.63, 3.8) is 0 Å². The number of nitrogens with zero attached hydrogens (tertiary/aromatic N) is 3. The molecule has 3 rings (SSSR count). The van der Waals surface area contributed by atoms with Gasteiger partial charge in [-0.15, -0.1) is 11.3 Å². The van der Waals surface area contributed by atoms with Crippen LogP contribution in [0, 0.1) is 0 Å². The summed E-state index contributed by atoms with van der Waals surface area (Å²) in [6.07, 6.45) is -0.0496. The number of hydrogen-bond acceptors (Lipinski definition) is 6. The summed E-state index contributed by atoms with van der Waals surface area (Å²) in [5.41, 5.74) is 0.861. The summed E-state index contributed by atoms with van der Waals surface area (Å²) in [6, 6.07) is 1.94. The van der Waals surface area contributed by atoms with E-state index in [4.69, 9.17) is 16.3 Å². The fourth-order valence-corrected chi connectivity index (χ4v) is 3.35. The lowest BCUT2D eigenvalue weighted by Gasteiger charge is -2.33. The Morgan fingerprint density at radius 2 is 2.48 bits per heavy atom. The SMILES string of the molecule is CC(=O)NCC1CN(c2nc(Cl)nc3ccsc23)CCO1. The van der Waals surface area contributed by atoms with E-state index in [2.05, 4.69) is 20.2 Å². The van der Waals surface area contributed by atoms with Crippen molar-refractivity contribution >= 4 is 44.9 Å². The topological polar surface area (TPSA) is 67.4 Å². The van der Waals surface area contributed by atoms with Crippen molar-refractivity contribution in [1.82, 2.24) is 15.3 Å². The molecule has 1 atom stereocenters. The molecular weight excluding hydrogens is 312 g/mol. The van der Waals surface area contributed by atoms with Gasteiger partial charge in [-0.3, -0.25) is 4.79 Å². The standard InChI is InChI=1S/C13H15ClN4O2S/c1-8(19)15-6-9-7-18(3-4-20-9)12-11-10(2-5-21-11)16-13(14)17-12/h2,5,9H,3-4,6-7H2,1H3,(H,15,19). The number of rotatable bonds is 3. The molecule has 1 unspecified atom stereocenters. The van der Waals surface area contributed by atoms with Crippen LogP contribution in [0.1, 0.15) is 6.92 Å². The Morgan fingerprint density at radius 3 is 3.29 bits per heavy atom. The number of carbonyl (C=O) groups is 1. The molecule has 0 bridgehead atoms. The molecule has 21 heavy (non-hydrogen) atoms. The first-order valence-electron chi connectivity index (χ1n) is 6.65. The average Bonchev–Trinajstić information content (AvgIpc) is 2.92. The van der Waals surface area contributed by atoms with Crippen LogP contribution in [-0.4, -0.2) is 48.2 Å². The zero-order valence-corrected chi connectivity index (χ0v) is 13.1. The van der Waals surface area contributed by atoms with Crippen molar-refractivity contribution in [2.24, 2.45) is 0 Å². The Kier molecular flexibility index (Phi) is 4.23. The molecule has 1 saturated heterocycles. The van der Waals surface area contributed by atoms with E-state index in [9.17, 15) is 4.79 Å². The maximum Gasteiger partial charge on any atom is 0.224 e. The van der Waals surface area contributed by atoms with Gasteiger partial charge in [0, 0.05) is 26.6 Å². The third-order valence-corrected chi connectivity index (χ3v) is 4.34. The number of amides is 1. The Labute approximate surface area is 131 Å². The minimum absolute atomic E-state index is 0.0496. The van der Waals surface area contributed by atoms with Gasteiger partial charge in [0.1, 0.15) is 0 Å². The van der Waals surface area contributed by atoms with E-state index in [0.717, 1.165) is 22.6 Å². The molecule has 1 N–H and O–H groups in total. The molecule has 0 spiro atoms. The Balaban J connectivity index is 1.81. The van der Waals surface area contributed by atoms with E-state index in [0.29, 0.717) is 19.7 Å². The van der Waals surface area contributed by atoms with Gasteiger partial charge in [0.05, 0.1) is 22.9 Å². The van der Waals surface area contributed by atoms with Gasteiger partial charge in [0.2, 0.25) is 11.2 Å². The van der Waals surface area contributed by atoms with E-state index in [1.807, 2.05) is 11.4 Å². The van der Waals surface area contributed by atoms with Crippen LogP contribution in [0.25, 0.3) is 10.2 Å². The summed E-state index contributed by atoms with van der Waals surface area (Å²) >= 11 is 7.61. The molecule has 3 heterocycles. The normalized spacial score (nSPS) is 19.0. The molecule has 1 aliphatic heterocycles. The van der Waals surface area contributed by atoms with E-state index in [1.54, 1.807) is 11.3 Å². The molecule has 8 heteroatoms. The monoisotopic (exact) mass is 326 g/mol. The van der Waals surface area contributed by atoms with Gasteiger partial charge in [0.25, 0.3) is 0 Å². The van der Waals surface area contributed by atoms with Crippen LogP contribution in [0.3, 0.4) is 0 Å². The lowest BCUT2D eigenvalue weighted by atomic mass is 10.2. The summed E-state index contributed by atoms with van der Waals surface area (Å²) < 4.78 is 6.70. The lowest BCUT2D eigenvalue weighted by molar-refractivity contribution is -0.119. The Hall–Kier alpha value is -1.44. The number of nitrogens with one attached hydrogen (secondary N) is 1. The number of ether oxygens (including phenoxy) is 1. The molecule has 112 valence electrons. The molecule has 1 fully saturated rings. The fourth-order valence-electron chi connectivity index (χ4n) is 2.33. The first kappa shape index (κ1) is 14.5. The molecule has 6 nitrogen and oxygen atoms in total. The van der Waals surface area contributed by atoms with E-state index >= 15 is 0 Å². The van der Waals surface area contributed by atoms with Gasteiger partial charge in [-0.25, -0.2) is 4.98 Å². The van der Waals surface area contributed by atoms with E-state index in [-0.39, 0.29) is 17.3 Å². The second-order valence-corrected chi connectivity index (χ2v) is 6.08. The minimum atomic E-state index is -0.0542. The second kappa shape index (κ2) is 6.13. The molecule has 0 aromatic carbocycles. The number of halogens is 1. The predicted molar refractivity (Wildman–Crippen MR) is 83.1 cm³/mol. The highest BCUT2D eigenvalue weighted by molar-refractivity contribution is 7.17. The van der Waals surface area contributed by atoms with Crippen molar-refractivity contribution in [2.45, 2.75) is 13.0 Å². The van der Waals surface area contributed by atoms with E-state index in [1.165, 1.54) is 6.92 Å². The van der Waals surface area contributed by atoms with Gasteiger partial charge in [-0.05, 0) is 23.0 Å². The summed E-state index contributed by atoms with van der Waals surface area (Å²) in [7, 11) is 0. The fraction of sp³-hybridized carbons (Fsp3) is 0.462. The molecule has 2 aromatic rings. The van der Waals surface area contributed by atoms with Crippen molar-refractivity contribution < 1.29 is 9.53 Å². The number of thiophene rings is 1. The largest absolute Gasteiger partial charge is 0.373 e. The van der Waals surface area contributed by atoms with Crippen LogP contribution < -0.4 is 10.2 Å². The zero-order chi connectivity index (χ0) is 14.8. The first-order chi connectivity index (χ1) is 10.1. The van der Waals surface area contributed by atoms with Crippen molar-refractivity contribution in [3.05, 3.63) is 16.7 Å². The van der Waals surface area contributed by atoms with Gasteiger partial charge >= 0.3 is 0 Å². The number of anilines is 1. The second-order valence-electron chi connectivity index (χ2n) is 4.83. The Bertz CT molecular complexity index is 663. The highest BCUT2D eigenvalue weighted by atomic mass is 35.5. The average molecular weight is 327 g/mol. The molecule has 2 aromatic heterocycles. The summed E-state index contributed by atoms with van der Waals surface area (Å²) in [5.74, 6) is 0.789. The highest BCUT2D eigenvalue weighted by Crippen LogP contribution is 2.30. The highest BCUT2D eigenvalue weighted by Gasteiger charge is 2.24. The predicted octanol–water partition coefficient (Wildman–Crippen LogP) is 1.69. The summed E-state index contributed by atoms with van der Waals surface area (Å²) in [5, 5.41) is 5.02. The molecule has 1 aliphatic rings. The molecule has 1 amide bonds. The first-order valence-corrected chi connectivity index (χ1v) is 7.91. The number of fused-ring (bicyclic) bond motifs is 1. The van der Waals surface area contributed by atoms with Crippen molar-refractivity contribution in [1.29, 1.82) is 0 Å². The summed E-state index contributed by atoms with van der Waals surface area (Å²) in [4.78, 5) is 21.7. The minimum Gasteiger partial charge on any atom is -0.373 e. The van der Waals surface area contributed by atoms with Gasteiger partial charge in [-0.2, -0.15) is 4.98 Å². The van der Waals surface area contributed by atoms with Crippen LogP contribution in [0.4, 0.5) is 5.82 Å². The lowest BCUT2D eigenvalue weighted by Crippen LogP contribution is -2.47. The van der Waals surface area contributed by atoms with Crippen LogP contribution in [0.5, 0.6) is 0 Å². The molecule has 0 saturated carbocycles. The third-order valence-electron chi connectivity index (χ3n) is 3.28. The number of morpholine rings is 1. The maximum absolute atomic E-state index is 11.0. The van der Waals surface area contributed by atoms with Crippen LogP contribution >= 0.6 is 22.9 Å². The van der Waals surface area contributed by atoms with Crippen LogP contribution in [0.2, 0.25) is 5.28 Å². The summed E-state index contributed by atoms with van der Waals surface area (Å²) in [6.45, 7) is 4.01. The maximum atomic E-state index is 11.0. The smallest absolute Gasteiger partial charge is 0.224 e. The number of carbonyl (C=O) groups excluding carboxylic acids is 1. The molecular formula is C13H15ClN4O2S. The number of hydrogen-bond donors (Lipinski definition) is 1. The quantitative estimate of drug-likeness (QED) is 0.869.